The lowest BCUT2D eigenvalue weighted by Gasteiger charge is -2.15. The molecule has 0 saturated heterocycles. The molecule has 0 bridgehead atoms. The van der Waals surface area contributed by atoms with Gasteiger partial charge in [-0.3, -0.25) is 14.6 Å². The van der Waals surface area contributed by atoms with Gasteiger partial charge in [-0.2, -0.15) is 0 Å². The number of hydrogen-bond donors (Lipinski definition) is 1. The molecule has 0 aliphatic rings. The van der Waals surface area contributed by atoms with Crippen molar-refractivity contribution in [3.05, 3.63) is 101 Å². The molecule has 0 aliphatic heterocycles. The number of hydrogen-bond acceptors (Lipinski definition) is 7. The van der Waals surface area contributed by atoms with Crippen LogP contribution in [0, 0.1) is 6.92 Å². The summed E-state index contributed by atoms with van der Waals surface area (Å²) in [5, 5.41) is 3.48. The summed E-state index contributed by atoms with van der Waals surface area (Å²) >= 11 is 0. The van der Waals surface area contributed by atoms with Gasteiger partial charge in [-0.25, -0.2) is 4.98 Å². The number of aryl methyl sites for hydroxylation is 1. The quantitative estimate of drug-likeness (QED) is 0.238. The highest BCUT2D eigenvalue weighted by Crippen LogP contribution is 2.36. The summed E-state index contributed by atoms with van der Waals surface area (Å²) in [6.45, 7) is 5.82. The summed E-state index contributed by atoms with van der Waals surface area (Å²) in [6.07, 6.45) is 4.92. The number of fused-ring (bicyclic) bond motifs is 1. The van der Waals surface area contributed by atoms with E-state index >= 15 is 0 Å². The Balaban J connectivity index is 1.39. The van der Waals surface area contributed by atoms with E-state index in [0.717, 1.165) is 22.1 Å². The molecule has 1 N–H and O–H groups in total. The third-order valence-electron chi connectivity index (χ3n) is 6.64. The van der Waals surface area contributed by atoms with Crippen molar-refractivity contribution < 1.29 is 19.0 Å². The fourth-order valence-corrected chi connectivity index (χ4v) is 4.41. The number of ether oxygens (including phenoxy) is 3. The minimum atomic E-state index is -0.541. The van der Waals surface area contributed by atoms with Crippen LogP contribution in [-0.4, -0.2) is 34.7 Å². The molecule has 0 atom stereocenters. The van der Waals surface area contributed by atoms with Crippen molar-refractivity contribution in [3.63, 3.8) is 0 Å². The van der Waals surface area contributed by atoms with E-state index in [1.807, 2.05) is 45.0 Å². The average Bonchev–Trinajstić information content (AvgIpc) is 2.98. The molecule has 5 aromatic rings. The fourth-order valence-electron chi connectivity index (χ4n) is 4.41. The molecule has 41 heavy (non-hydrogen) atoms. The second-order valence-corrected chi connectivity index (χ2v) is 9.78. The van der Waals surface area contributed by atoms with E-state index in [0.29, 0.717) is 28.5 Å². The Morgan fingerprint density at radius 3 is 2.27 bits per heavy atom. The van der Waals surface area contributed by atoms with Crippen molar-refractivity contribution in [2.24, 2.45) is 0 Å². The van der Waals surface area contributed by atoms with Gasteiger partial charge in [0, 0.05) is 29.9 Å². The number of anilines is 1. The lowest BCUT2D eigenvalue weighted by Crippen LogP contribution is -2.30. The first-order valence-corrected chi connectivity index (χ1v) is 13.1. The van der Waals surface area contributed by atoms with Crippen LogP contribution in [0.4, 0.5) is 5.82 Å². The monoisotopic (exact) mass is 550 g/mol. The molecule has 3 heterocycles. The van der Waals surface area contributed by atoms with Gasteiger partial charge in [-0.05, 0) is 62.2 Å². The lowest BCUT2D eigenvalue weighted by molar-refractivity contribution is 0.102. The maximum absolute atomic E-state index is 13.3. The standard InChI is InChI=1S/C32H30N4O5/c1-19(2)36-18-22(21-8-6-20(3)7-9-21)14-25(32(36)38)31(37)35-30-11-10-23(17-34-30)41-27-12-13-33-26-16-29(40-5)28(39-4)15-24(26)27/h6-19H,1-5H3,(H,34,35,37). The smallest absolute Gasteiger partial charge is 0.263 e. The van der Waals surface area contributed by atoms with E-state index in [-0.39, 0.29) is 23.0 Å². The maximum Gasteiger partial charge on any atom is 0.263 e. The van der Waals surface area contributed by atoms with Crippen LogP contribution in [0.1, 0.15) is 35.8 Å². The minimum Gasteiger partial charge on any atom is -0.493 e. The molecular weight excluding hydrogens is 520 g/mol. The van der Waals surface area contributed by atoms with E-state index in [4.69, 9.17) is 14.2 Å². The number of amides is 1. The Hall–Kier alpha value is -5.18. The number of rotatable bonds is 8. The summed E-state index contributed by atoms with van der Waals surface area (Å²) in [4.78, 5) is 35.2. The maximum atomic E-state index is 13.3. The SMILES string of the molecule is COc1cc2nccc(Oc3ccc(NC(=O)c4cc(-c5ccc(C)cc5)cn(C(C)C)c4=O)nc3)c2cc1OC. The third kappa shape index (κ3) is 5.74. The number of methoxy groups -OCH3 is 2. The Morgan fingerprint density at radius 1 is 0.878 bits per heavy atom. The summed E-state index contributed by atoms with van der Waals surface area (Å²) in [5.41, 5.74) is 3.16. The molecule has 0 radical (unpaired) electrons. The molecule has 5 rings (SSSR count). The van der Waals surface area contributed by atoms with Gasteiger partial charge in [0.1, 0.15) is 22.9 Å². The van der Waals surface area contributed by atoms with Gasteiger partial charge in [0.2, 0.25) is 0 Å². The number of carbonyl (C=O) groups is 1. The third-order valence-corrected chi connectivity index (χ3v) is 6.64. The first kappa shape index (κ1) is 27.4. The minimum absolute atomic E-state index is 0.0338. The lowest BCUT2D eigenvalue weighted by atomic mass is 10.0. The Kier molecular flexibility index (Phi) is 7.69. The van der Waals surface area contributed by atoms with Gasteiger partial charge in [0.05, 0.1) is 25.9 Å². The highest BCUT2D eigenvalue weighted by molar-refractivity contribution is 6.04. The normalized spacial score (nSPS) is 11.0. The van der Waals surface area contributed by atoms with Crippen LogP contribution in [0.3, 0.4) is 0 Å². The first-order chi connectivity index (χ1) is 19.8. The van der Waals surface area contributed by atoms with Crippen LogP contribution in [-0.2, 0) is 0 Å². The van der Waals surface area contributed by atoms with E-state index in [1.165, 1.54) is 6.20 Å². The molecule has 3 aromatic heterocycles. The van der Waals surface area contributed by atoms with Crippen LogP contribution >= 0.6 is 0 Å². The van der Waals surface area contributed by atoms with Crippen LogP contribution in [0.15, 0.2) is 84.0 Å². The predicted octanol–water partition coefficient (Wildman–Crippen LogP) is 6.41. The van der Waals surface area contributed by atoms with E-state index < -0.39 is 5.91 Å². The molecule has 0 fully saturated rings. The van der Waals surface area contributed by atoms with E-state index in [9.17, 15) is 9.59 Å². The molecule has 0 aliphatic carbocycles. The molecule has 208 valence electrons. The van der Waals surface area contributed by atoms with Crippen LogP contribution < -0.4 is 25.1 Å². The predicted molar refractivity (Wildman–Crippen MR) is 158 cm³/mol. The summed E-state index contributed by atoms with van der Waals surface area (Å²) < 4.78 is 18.4. The Labute approximate surface area is 237 Å². The van der Waals surface area contributed by atoms with Crippen molar-refractivity contribution in [1.82, 2.24) is 14.5 Å². The van der Waals surface area contributed by atoms with Crippen molar-refractivity contribution >= 4 is 22.6 Å². The topological polar surface area (TPSA) is 105 Å². The number of aromatic nitrogens is 3. The van der Waals surface area contributed by atoms with Gasteiger partial charge in [0.15, 0.2) is 11.5 Å². The Morgan fingerprint density at radius 2 is 1.61 bits per heavy atom. The molecule has 2 aromatic carbocycles. The zero-order valence-electron chi connectivity index (χ0n) is 23.5. The number of benzene rings is 2. The van der Waals surface area contributed by atoms with Crippen LogP contribution in [0.5, 0.6) is 23.0 Å². The zero-order chi connectivity index (χ0) is 29.1. The number of nitrogens with one attached hydrogen (secondary N) is 1. The molecule has 0 unspecified atom stereocenters. The van der Waals surface area contributed by atoms with Gasteiger partial charge in [-0.1, -0.05) is 29.8 Å². The van der Waals surface area contributed by atoms with E-state index in [2.05, 4.69) is 15.3 Å². The van der Waals surface area contributed by atoms with Gasteiger partial charge in [-0.15, -0.1) is 0 Å². The second-order valence-electron chi connectivity index (χ2n) is 9.78. The number of carbonyl (C=O) groups excluding carboxylic acids is 1. The highest BCUT2D eigenvalue weighted by Gasteiger charge is 2.18. The number of pyridine rings is 3. The molecule has 0 saturated carbocycles. The molecule has 9 nitrogen and oxygen atoms in total. The zero-order valence-corrected chi connectivity index (χ0v) is 23.5. The average molecular weight is 551 g/mol. The molecule has 0 spiro atoms. The van der Waals surface area contributed by atoms with Gasteiger partial charge < -0.3 is 24.1 Å². The Bertz CT molecular complexity index is 1780. The van der Waals surface area contributed by atoms with Crippen molar-refractivity contribution in [3.8, 4) is 34.1 Å². The largest absolute Gasteiger partial charge is 0.493 e. The van der Waals surface area contributed by atoms with E-state index in [1.54, 1.807) is 67.6 Å². The van der Waals surface area contributed by atoms with Crippen molar-refractivity contribution in [1.29, 1.82) is 0 Å². The molecular formula is C32H30N4O5. The second kappa shape index (κ2) is 11.5. The fraction of sp³-hybridized carbons (Fsp3) is 0.188. The van der Waals surface area contributed by atoms with Gasteiger partial charge in [0.25, 0.3) is 11.5 Å². The first-order valence-electron chi connectivity index (χ1n) is 13.1. The van der Waals surface area contributed by atoms with Crippen molar-refractivity contribution in [2.75, 3.05) is 19.5 Å². The highest BCUT2D eigenvalue weighted by atomic mass is 16.5. The summed E-state index contributed by atoms with van der Waals surface area (Å²) in [6, 6.07) is 18.0. The molecule has 9 heteroatoms. The number of nitrogens with zero attached hydrogens (tertiary/aromatic N) is 3. The van der Waals surface area contributed by atoms with Crippen LogP contribution in [0.25, 0.3) is 22.0 Å². The van der Waals surface area contributed by atoms with Gasteiger partial charge >= 0.3 is 0 Å². The van der Waals surface area contributed by atoms with Crippen molar-refractivity contribution in [2.45, 2.75) is 26.8 Å². The summed E-state index contributed by atoms with van der Waals surface area (Å²) in [5.74, 6) is 1.86. The van der Waals surface area contributed by atoms with Crippen LogP contribution in [0.2, 0.25) is 0 Å². The summed E-state index contributed by atoms with van der Waals surface area (Å²) in [7, 11) is 3.13. The molecule has 1 amide bonds.